The van der Waals surface area contributed by atoms with E-state index >= 15 is 0 Å². The van der Waals surface area contributed by atoms with Crippen molar-refractivity contribution in [2.75, 3.05) is 13.1 Å². The summed E-state index contributed by atoms with van der Waals surface area (Å²) < 4.78 is 0.865. The summed E-state index contributed by atoms with van der Waals surface area (Å²) in [4.78, 5) is 2.58. The van der Waals surface area contributed by atoms with E-state index in [0.717, 1.165) is 15.9 Å². The first-order valence-corrected chi connectivity index (χ1v) is 5.74. The second kappa shape index (κ2) is 4.08. The van der Waals surface area contributed by atoms with Crippen molar-refractivity contribution in [3.8, 4) is 0 Å². The molecule has 2 unspecified atom stereocenters. The second-order valence-corrected chi connectivity index (χ2v) is 5.47. The lowest BCUT2D eigenvalue weighted by Gasteiger charge is -2.36. The molecule has 1 aliphatic heterocycles. The van der Waals surface area contributed by atoms with Crippen LogP contribution >= 0.6 is 22.6 Å². The molecule has 0 spiro atoms. The molecule has 0 saturated carbocycles. The van der Waals surface area contributed by atoms with Crippen LogP contribution < -0.4 is 0 Å². The Labute approximate surface area is 83.7 Å². The van der Waals surface area contributed by atoms with Gasteiger partial charge in [0.15, 0.2) is 0 Å². The van der Waals surface area contributed by atoms with Crippen molar-refractivity contribution in [2.45, 2.75) is 37.2 Å². The molecule has 0 aromatic heterocycles. The first-order chi connectivity index (χ1) is 5.11. The molecule has 0 aliphatic carbocycles. The van der Waals surface area contributed by atoms with Gasteiger partial charge in [0, 0.05) is 16.5 Å². The van der Waals surface area contributed by atoms with Gasteiger partial charge in [-0.15, -0.1) is 0 Å². The van der Waals surface area contributed by atoms with Crippen LogP contribution in [0.15, 0.2) is 0 Å². The third-order valence-electron chi connectivity index (χ3n) is 2.63. The van der Waals surface area contributed by atoms with E-state index in [1.54, 1.807) is 0 Å². The standard InChI is InChI=1S/C9H18IN/c1-7(2)11-5-4-8(3)9(10)6-11/h7-9H,4-6H2,1-3H3. The first-order valence-electron chi connectivity index (χ1n) is 4.49. The number of nitrogens with zero attached hydrogens (tertiary/aromatic N) is 1. The molecular formula is C9H18IN. The largest absolute Gasteiger partial charge is 0.300 e. The molecule has 0 aromatic rings. The van der Waals surface area contributed by atoms with Crippen LogP contribution in [0.25, 0.3) is 0 Å². The van der Waals surface area contributed by atoms with Gasteiger partial charge in [0.05, 0.1) is 0 Å². The maximum atomic E-state index is 2.59. The van der Waals surface area contributed by atoms with Crippen molar-refractivity contribution in [3.63, 3.8) is 0 Å². The maximum absolute atomic E-state index is 2.59. The van der Waals surface area contributed by atoms with Gasteiger partial charge in [-0.1, -0.05) is 29.5 Å². The average molecular weight is 267 g/mol. The molecule has 2 heteroatoms. The van der Waals surface area contributed by atoms with Crippen LogP contribution in [0.1, 0.15) is 27.2 Å². The highest BCUT2D eigenvalue weighted by molar-refractivity contribution is 14.1. The van der Waals surface area contributed by atoms with E-state index in [9.17, 15) is 0 Å². The molecule has 0 amide bonds. The van der Waals surface area contributed by atoms with Crippen molar-refractivity contribution in [3.05, 3.63) is 0 Å². The minimum atomic E-state index is 0.736. The van der Waals surface area contributed by atoms with Gasteiger partial charge < -0.3 is 0 Å². The molecule has 1 aliphatic rings. The molecule has 11 heavy (non-hydrogen) atoms. The van der Waals surface area contributed by atoms with Gasteiger partial charge in [-0.05, 0) is 32.7 Å². The lowest BCUT2D eigenvalue weighted by molar-refractivity contribution is 0.166. The van der Waals surface area contributed by atoms with E-state index in [0.29, 0.717) is 0 Å². The Hall–Kier alpha value is 0.690. The summed E-state index contributed by atoms with van der Waals surface area (Å²) in [6.07, 6.45) is 1.38. The van der Waals surface area contributed by atoms with Crippen LogP contribution in [0, 0.1) is 5.92 Å². The Bertz CT molecular complexity index is 125. The monoisotopic (exact) mass is 267 g/mol. The zero-order valence-electron chi connectivity index (χ0n) is 7.68. The molecule has 0 radical (unpaired) electrons. The third-order valence-corrected chi connectivity index (χ3v) is 4.25. The van der Waals surface area contributed by atoms with E-state index in [1.807, 2.05) is 0 Å². The Kier molecular flexibility index (Phi) is 3.62. The lowest BCUT2D eigenvalue weighted by Crippen LogP contribution is -2.43. The molecule has 1 heterocycles. The number of rotatable bonds is 1. The molecule has 66 valence electrons. The van der Waals surface area contributed by atoms with Crippen LogP contribution in [0.5, 0.6) is 0 Å². The summed E-state index contributed by atoms with van der Waals surface area (Å²) in [5, 5.41) is 0. The number of likely N-dealkylation sites (tertiary alicyclic amines) is 1. The van der Waals surface area contributed by atoms with E-state index < -0.39 is 0 Å². The predicted molar refractivity (Wildman–Crippen MR) is 58.3 cm³/mol. The Morgan fingerprint density at radius 1 is 1.45 bits per heavy atom. The Balaban J connectivity index is 2.40. The summed E-state index contributed by atoms with van der Waals surface area (Å²) in [5.41, 5.74) is 0. The first kappa shape index (κ1) is 9.78. The van der Waals surface area contributed by atoms with Gasteiger partial charge in [0.1, 0.15) is 0 Å². The molecule has 1 saturated heterocycles. The minimum absolute atomic E-state index is 0.736. The fourth-order valence-corrected chi connectivity index (χ4v) is 2.38. The fraction of sp³-hybridized carbons (Fsp3) is 1.00. The van der Waals surface area contributed by atoms with Crippen molar-refractivity contribution >= 4 is 22.6 Å². The highest BCUT2D eigenvalue weighted by atomic mass is 127. The van der Waals surface area contributed by atoms with E-state index in [1.165, 1.54) is 19.5 Å². The molecular weight excluding hydrogens is 249 g/mol. The fourth-order valence-electron chi connectivity index (χ4n) is 1.51. The SMILES string of the molecule is CC1CCN(C(C)C)CC1I. The van der Waals surface area contributed by atoms with Gasteiger partial charge in [0.2, 0.25) is 0 Å². The van der Waals surface area contributed by atoms with Gasteiger partial charge in [-0.25, -0.2) is 0 Å². The van der Waals surface area contributed by atoms with Crippen LogP contribution in [0.2, 0.25) is 0 Å². The Morgan fingerprint density at radius 2 is 2.09 bits per heavy atom. The number of hydrogen-bond acceptors (Lipinski definition) is 1. The zero-order valence-corrected chi connectivity index (χ0v) is 9.84. The highest BCUT2D eigenvalue weighted by Gasteiger charge is 2.24. The van der Waals surface area contributed by atoms with Gasteiger partial charge in [0.25, 0.3) is 0 Å². The number of hydrogen-bond donors (Lipinski definition) is 0. The molecule has 0 N–H and O–H groups in total. The minimum Gasteiger partial charge on any atom is -0.300 e. The second-order valence-electron chi connectivity index (χ2n) is 3.87. The predicted octanol–water partition coefficient (Wildman–Crippen LogP) is 2.54. The summed E-state index contributed by atoms with van der Waals surface area (Å²) in [7, 11) is 0. The molecule has 1 fully saturated rings. The normalized spacial score (nSPS) is 34.6. The van der Waals surface area contributed by atoms with E-state index in [-0.39, 0.29) is 0 Å². The van der Waals surface area contributed by atoms with Gasteiger partial charge >= 0.3 is 0 Å². The highest BCUT2D eigenvalue weighted by Crippen LogP contribution is 2.24. The molecule has 1 rings (SSSR count). The molecule has 1 nitrogen and oxygen atoms in total. The number of piperidine rings is 1. The topological polar surface area (TPSA) is 3.24 Å². The van der Waals surface area contributed by atoms with Crippen LogP contribution in [0.4, 0.5) is 0 Å². The molecule has 0 bridgehead atoms. The summed E-state index contributed by atoms with van der Waals surface area (Å²) in [6, 6.07) is 0.736. The van der Waals surface area contributed by atoms with Gasteiger partial charge in [-0.3, -0.25) is 4.90 Å². The van der Waals surface area contributed by atoms with E-state index in [4.69, 9.17) is 0 Å². The quantitative estimate of drug-likeness (QED) is 0.521. The van der Waals surface area contributed by atoms with Crippen LogP contribution in [-0.4, -0.2) is 28.0 Å². The Morgan fingerprint density at radius 3 is 2.55 bits per heavy atom. The maximum Gasteiger partial charge on any atom is 0.0263 e. The zero-order chi connectivity index (χ0) is 8.43. The van der Waals surface area contributed by atoms with Crippen molar-refractivity contribution in [1.82, 2.24) is 4.90 Å². The van der Waals surface area contributed by atoms with Crippen LogP contribution in [0.3, 0.4) is 0 Å². The van der Waals surface area contributed by atoms with Crippen molar-refractivity contribution < 1.29 is 0 Å². The third kappa shape index (κ3) is 2.58. The molecule has 0 aromatic carbocycles. The number of alkyl halides is 1. The van der Waals surface area contributed by atoms with Crippen molar-refractivity contribution in [2.24, 2.45) is 5.92 Å². The van der Waals surface area contributed by atoms with Crippen molar-refractivity contribution in [1.29, 1.82) is 0 Å². The van der Waals surface area contributed by atoms with Crippen LogP contribution in [-0.2, 0) is 0 Å². The van der Waals surface area contributed by atoms with Gasteiger partial charge in [-0.2, -0.15) is 0 Å². The lowest BCUT2D eigenvalue weighted by atomic mass is 9.98. The smallest absolute Gasteiger partial charge is 0.0263 e. The van der Waals surface area contributed by atoms with E-state index in [2.05, 4.69) is 48.3 Å². The summed E-state index contributed by atoms with van der Waals surface area (Å²) >= 11 is 2.59. The number of halogens is 1. The molecule has 2 atom stereocenters. The summed E-state index contributed by atoms with van der Waals surface area (Å²) in [5.74, 6) is 0.922. The average Bonchev–Trinajstić information content (AvgIpc) is 1.94. The summed E-state index contributed by atoms with van der Waals surface area (Å²) in [6.45, 7) is 9.55.